The van der Waals surface area contributed by atoms with E-state index in [1.54, 1.807) is 6.08 Å². The number of fused-ring (bicyclic) bond motifs is 1. The Morgan fingerprint density at radius 3 is 3.00 bits per heavy atom. The largest absolute Gasteiger partial charge is 0.294 e. The third-order valence-electron chi connectivity index (χ3n) is 3.93. The topological polar surface area (TPSA) is 17.1 Å². The van der Waals surface area contributed by atoms with Gasteiger partial charge in [-0.1, -0.05) is 31.2 Å². The molecule has 0 fully saturated rings. The average Bonchev–Trinajstić information content (AvgIpc) is 2.25. The molecule has 2 aliphatic rings. The van der Waals surface area contributed by atoms with Crippen LogP contribution in [0.15, 0.2) is 37.0 Å². The first kappa shape index (κ1) is 10.4. The standard InChI is InChI=1S/C14H18O/c1-3-10-14(2)12-7-5-4-6-11(12)8-9-13(14)15/h3-5,8-9,11-12H,1,6-7,10H2,2H3/t11-,12-,14+/m1/s1. The van der Waals surface area contributed by atoms with Crippen molar-refractivity contribution in [2.75, 3.05) is 0 Å². The number of hydrogen-bond donors (Lipinski definition) is 0. The van der Waals surface area contributed by atoms with Crippen LogP contribution in [-0.4, -0.2) is 5.78 Å². The Morgan fingerprint density at radius 2 is 2.27 bits per heavy atom. The average molecular weight is 202 g/mol. The molecule has 0 aliphatic heterocycles. The number of ketones is 1. The molecule has 0 aromatic rings. The number of allylic oxidation sites excluding steroid dienone is 5. The number of rotatable bonds is 2. The van der Waals surface area contributed by atoms with Gasteiger partial charge in [-0.25, -0.2) is 0 Å². The van der Waals surface area contributed by atoms with Crippen LogP contribution in [0.1, 0.15) is 26.2 Å². The molecule has 0 N–H and O–H groups in total. The lowest BCUT2D eigenvalue weighted by molar-refractivity contribution is -0.127. The van der Waals surface area contributed by atoms with Gasteiger partial charge >= 0.3 is 0 Å². The van der Waals surface area contributed by atoms with Crippen molar-refractivity contribution in [3.63, 3.8) is 0 Å². The van der Waals surface area contributed by atoms with Crippen molar-refractivity contribution in [2.45, 2.75) is 26.2 Å². The highest BCUT2D eigenvalue weighted by Gasteiger charge is 2.44. The monoisotopic (exact) mass is 202 g/mol. The normalized spacial score (nSPS) is 38.9. The molecular formula is C14H18O. The fourth-order valence-corrected chi connectivity index (χ4v) is 2.92. The van der Waals surface area contributed by atoms with E-state index in [2.05, 4.69) is 31.7 Å². The number of carbonyl (C=O) groups excluding carboxylic acids is 1. The minimum atomic E-state index is -0.216. The van der Waals surface area contributed by atoms with Gasteiger partial charge in [-0.05, 0) is 37.2 Å². The summed E-state index contributed by atoms with van der Waals surface area (Å²) in [5.74, 6) is 1.30. The van der Waals surface area contributed by atoms with Gasteiger partial charge in [-0.3, -0.25) is 4.79 Å². The van der Waals surface area contributed by atoms with Crippen molar-refractivity contribution in [3.8, 4) is 0 Å². The Kier molecular flexibility index (Phi) is 2.64. The third-order valence-corrected chi connectivity index (χ3v) is 3.93. The van der Waals surface area contributed by atoms with Gasteiger partial charge in [0.15, 0.2) is 5.78 Å². The van der Waals surface area contributed by atoms with Gasteiger partial charge in [-0.2, -0.15) is 0 Å². The highest BCUT2D eigenvalue weighted by atomic mass is 16.1. The molecule has 0 spiro atoms. The van der Waals surface area contributed by atoms with Crippen LogP contribution < -0.4 is 0 Å². The maximum absolute atomic E-state index is 12.0. The van der Waals surface area contributed by atoms with E-state index in [-0.39, 0.29) is 11.2 Å². The smallest absolute Gasteiger partial charge is 0.161 e. The van der Waals surface area contributed by atoms with Crippen molar-refractivity contribution < 1.29 is 4.79 Å². The summed E-state index contributed by atoms with van der Waals surface area (Å²) in [6, 6.07) is 0. The highest BCUT2D eigenvalue weighted by molar-refractivity contribution is 5.96. The summed E-state index contributed by atoms with van der Waals surface area (Å²) in [6.07, 6.45) is 13.1. The third kappa shape index (κ3) is 1.60. The molecule has 0 amide bonds. The zero-order valence-corrected chi connectivity index (χ0v) is 9.28. The van der Waals surface area contributed by atoms with Crippen LogP contribution in [-0.2, 0) is 4.79 Å². The van der Waals surface area contributed by atoms with Crippen LogP contribution in [0.25, 0.3) is 0 Å². The van der Waals surface area contributed by atoms with Gasteiger partial charge in [0, 0.05) is 5.41 Å². The Hall–Kier alpha value is -1.11. The number of carbonyl (C=O) groups is 1. The van der Waals surface area contributed by atoms with E-state index in [9.17, 15) is 4.79 Å². The second-order valence-electron chi connectivity index (χ2n) is 4.85. The van der Waals surface area contributed by atoms with Gasteiger partial charge in [-0.15, -0.1) is 6.58 Å². The first-order chi connectivity index (χ1) is 7.18. The van der Waals surface area contributed by atoms with E-state index in [1.807, 2.05) is 6.08 Å². The van der Waals surface area contributed by atoms with E-state index in [0.29, 0.717) is 11.8 Å². The summed E-state index contributed by atoms with van der Waals surface area (Å²) in [5, 5.41) is 0. The first-order valence-corrected chi connectivity index (χ1v) is 5.67. The van der Waals surface area contributed by atoms with Gasteiger partial charge in [0.25, 0.3) is 0 Å². The summed E-state index contributed by atoms with van der Waals surface area (Å²) in [7, 11) is 0. The van der Waals surface area contributed by atoms with E-state index in [4.69, 9.17) is 0 Å². The molecule has 0 radical (unpaired) electrons. The SMILES string of the molecule is C=CC[C@]1(C)C(=O)C=C[C@H]2CC=CC[C@H]21. The Bertz CT molecular complexity index is 337. The molecule has 2 rings (SSSR count). The molecule has 3 atom stereocenters. The van der Waals surface area contributed by atoms with Crippen LogP contribution >= 0.6 is 0 Å². The van der Waals surface area contributed by atoms with Crippen LogP contribution in [0.2, 0.25) is 0 Å². The van der Waals surface area contributed by atoms with Gasteiger partial charge in [0.1, 0.15) is 0 Å². The molecule has 1 nitrogen and oxygen atoms in total. The van der Waals surface area contributed by atoms with Crippen LogP contribution in [0.3, 0.4) is 0 Å². The molecule has 0 aromatic carbocycles. The molecule has 0 saturated carbocycles. The molecule has 15 heavy (non-hydrogen) atoms. The van der Waals surface area contributed by atoms with Crippen molar-refractivity contribution in [1.29, 1.82) is 0 Å². The highest BCUT2D eigenvalue weighted by Crippen LogP contribution is 2.46. The minimum absolute atomic E-state index is 0.216. The molecule has 0 unspecified atom stereocenters. The summed E-state index contributed by atoms with van der Waals surface area (Å²) in [5.41, 5.74) is -0.216. The molecule has 0 aromatic heterocycles. The van der Waals surface area contributed by atoms with Crippen molar-refractivity contribution >= 4 is 5.78 Å². The molecule has 80 valence electrons. The minimum Gasteiger partial charge on any atom is -0.294 e. The molecule has 0 heterocycles. The van der Waals surface area contributed by atoms with Gasteiger partial charge < -0.3 is 0 Å². The molecule has 2 aliphatic carbocycles. The van der Waals surface area contributed by atoms with Crippen LogP contribution in [0.5, 0.6) is 0 Å². The van der Waals surface area contributed by atoms with E-state index in [1.165, 1.54) is 0 Å². The zero-order chi connectivity index (χ0) is 10.9. The lowest BCUT2D eigenvalue weighted by atomic mass is 9.60. The number of hydrogen-bond acceptors (Lipinski definition) is 1. The molecule has 0 bridgehead atoms. The quantitative estimate of drug-likeness (QED) is 0.628. The fourth-order valence-electron chi connectivity index (χ4n) is 2.92. The van der Waals surface area contributed by atoms with Crippen molar-refractivity contribution in [3.05, 3.63) is 37.0 Å². The van der Waals surface area contributed by atoms with Crippen molar-refractivity contribution in [1.82, 2.24) is 0 Å². The van der Waals surface area contributed by atoms with Crippen LogP contribution in [0, 0.1) is 17.3 Å². The van der Waals surface area contributed by atoms with E-state index >= 15 is 0 Å². The Labute approximate surface area is 91.6 Å². The lowest BCUT2D eigenvalue weighted by Crippen LogP contribution is -2.41. The molecule has 0 saturated heterocycles. The van der Waals surface area contributed by atoms with Crippen LogP contribution in [0.4, 0.5) is 0 Å². The maximum atomic E-state index is 12.0. The fraction of sp³-hybridized carbons (Fsp3) is 0.500. The predicted octanol–water partition coefficient (Wildman–Crippen LogP) is 3.29. The lowest BCUT2D eigenvalue weighted by Gasteiger charge is -2.42. The zero-order valence-electron chi connectivity index (χ0n) is 9.28. The van der Waals surface area contributed by atoms with E-state index in [0.717, 1.165) is 19.3 Å². The molecular weight excluding hydrogens is 184 g/mol. The second kappa shape index (κ2) is 3.80. The summed E-state index contributed by atoms with van der Waals surface area (Å²) >= 11 is 0. The second-order valence-corrected chi connectivity index (χ2v) is 4.85. The maximum Gasteiger partial charge on any atom is 0.161 e. The first-order valence-electron chi connectivity index (χ1n) is 5.67. The summed E-state index contributed by atoms with van der Waals surface area (Å²) in [6.45, 7) is 5.87. The summed E-state index contributed by atoms with van der Waals surface area (Å²) < 4.78 is 0. The predicted molar refractivity (Wildman–Crippen MR) is 62.4 cm³/mol. The molecule has 1 heteroatoms. The van der Waals surface area contributed by atoms with E-state index < -0.39 is 0 Å². The van der Waals surface area contributed by atoms with Gasteiger partial charge in [0.05, 0.1) is 0 Å². The summed E-state index contributed by atoms with van der Waals surface area (Å²) in [4.78, 5) is 12.0. The van der Waals surface area contributed by atoms with Gasteiger partial charge in [0.2, 0.25) is 0 Å². The Morgan fingerprint density at radius 1 is 1.53 bits per heavy atom. The Balaban J connectivity index is 2.35. The van der Waals surface area contributed by atoms with Crippen molar-refractivity contribution in [2.24, 2.45) is 17.3 Å².